The lowest BCUT2D eigenvalue weighted by atomic mass is 10.2. The number of carbonyl (C=O) groups is 2. The van der Waals surface area contributed by atoms with Crippen LogP contribution < -0.4 is 16.2 Å². The van der Waals surface area contributed by atoms with Crippen LogP contribution in [-0.2, 0) is 4.79 Å². The van der Waals surface area contributed by atoms with Crippen molar-refractivity contribution in [3.05, 3.63) is 39.9 Å². The van der Waals surface area contributed by atoms with Gasteiger partial charge in [-0.3, -0.25) is 35.9 Å². The van der Waals surface area contributed by atoms with E-state index in [9.17, 15) is 19.7 Å². The molecular formula is C11H9N5O4S. The second-order valence-electron chi connectivity index (χ2n) is 3.60. The molecule has 0 atom stereocenters. The van der Waals surface area contributed by atoms with E-state index in [4.69, 9.17) is 17.5 Å². The lowest BCUT2D eigenvalue weighted by molar-refractivity contribution is -0.384. The summed E-state index contributed by atoms with van der Waals surface area (Å²) in [7, 11) is 0. The summed E-state index contributed by atoms with van der Waals surface area (Å²) >= 11 is 4.74. The first-order valence-electron chi connectivity index (χ1n) is 5.45. The van der Waals surface area contributed by atoms with E-state index < -0.39 is 16.7 Å². The zero-order valence-electron chi connectivity index (χ0n) is 10.5. The van der Waals surface area contributed by atoms with Crippen molar-refractivity contribution in [3.8, 4) is 6.07 Å². The summed E-state index contributed by atoms with van der Waals surface area (Å²) in [5.74, 6) is -1.30. The molecule has 0 fully saturated rings. The Bertz CT molecular complexity index is 640. The van der Waals surface area contributed by atoms with Gasteiger partial charge in [0.1, 0.15) is 6.42 Å². The van der Waals surface area contributed by atoms with E-state index in [0.29, 0.717) is 0 Å². The topological polar surface area (TPSA) is 137 Å². The van der Waals surface area contributed by atoms with Crippen molar-refractivity contribution in [1.82, 2.24) is 16.2 Å². The van der Waals surface area contributed by atoms with Gasteiger partial charge in [-0.1, -0.05) is 6.07 Å². The molecule has 0 aliphatic heterocycles. The summed E-state index contributed by atoms with van der Waals surface area (Å²) < 4.78 is 0. The first-order chi connectivity index (χ1) is 9.93. The van der Waals surface area contributed by atoms with Gasteiger partial charge in [0.15, 0.2) is 5.11 Å². The van der Waals surface area contributed by atoms with E-state index in [1.54, 1.807) is 6.07 Å². The van der Waals surface area contributed by atoms with Gasteiger partial charge < -0.3 is 0 Å². The maximum absolute atomic E-state index is 11.8. The monoisotopic (exact) mass is 307 g/mol. The molecule has 0 spiro atoms. The number of nitro benzene ring substituents is 1. The molecule has 1 aromatic carbocycles. The van der Waals surface area contributed by atoms with Gasteiger partial charge in [-0.2, -0.15) is 5.26 Å². The number of nitrogens with one attached hydrogen (secondary N) is 3. The van der Waals surface area contributed by atoms with Crippen LogP contribution in [0.1, 0.15) is 16.8 Å². The van der Waals surface area contributed by atoms with E-state index in [0.717, 1.165) is 6.07 Å². The van der Waals surface area contributed by atoms with Crippen molar-refractivity contribution < 1.29 is 14.5 Å². The Morgan fingerprint density at radius 2 is 2.10 bits per heavy atom. The van der Waals surface area contributed by atoms with Crippen molar-refractivity contribution in [2.24, 2.45) is 0 Å². The molecule has 0 radical (unpaired) electrons. The van der Waals surface area contributed by atoms with Crippen LogP contribution in [0.3, 0.4) is 0 Å². The number of nitrogens with zero attached hydrogens (tertiary/aromatic N) is 2. The summed E-state index contributed by atoms with van der Waals surface area (Å²) in [6.07, 6.45) is -0.367. The van der Waals surface area contributed by atoms with E-state index >= 15 is 0 Å². The maximum Gasteiger partial charge on any atom is 0.270 e. The van der Waals surface area contributed by atoms with Gasteiger partial charge in [0.25, 0.3) is 17.5 Å². The van der Waals surface area contributed by atoms with Crippen LogP contribution in [0.2, 0.25) is 0 Å². The largest absolute Gasteiger partial charge is 0.298 e. The predicted octanol–water partition coefficient (Wildman–Crippen LogP) is 0.144. The van der Waals surface area contributed by atoms with Crippen LogP contribution in [0.25, 0.3) is 0 Å². The molecule has 2 amide bonds. The predicted molar refractivity (Wildman–Crippen MR) is 74.7 cm³/mol. The summed E-state index contributed by atoms with van der Waals surface area (Å²) in [6, 6.07) is 6.70. The molecule has 0 saturated heterocycles. The average molecular weight is 307 g/mol. The number of thiocarbonyl (C=S) groups is 1. The summed E-state index contributed by atoms with van der Waals surface area (Å²) in [6.45, 7) is 0. The molecule has 0 heterocycles. The molecule has 3 N–H and O–H groups in total. The van der Waals surface area contributed by atoms with Gasteiger partial charge in [0, 0.05) is 17.7 Å². The molecule has 0 bridgehead atoms. The lowest BCUT2D eigenvalue weighted by Crippen LogP contribution is -2.48. The molecule has 0 aliphatic carbocycles. The number of benzene rings is 1. The van der Waals surface area contributed by atoms with Gasteiger partial charge in [-0.05, 0) is 18.3 Å². The Balaban J connectivity index is 2.59. The molecule has 9 nitrogen and oxygen atoms in total. The quantitative estimate of drug-likeness (QED) is 0.410. The summed E-state index contributed by atoms with van der Waals surface area (Å²) in [5.41, 5.74) is 4.12. The lowest BCUT2D eigenvalue weighted by Gasteiger charge is -2.09. The summed E-state index contributed by atoms with van der Waals surface area (Å²) in [4.78, 5) is 32.7. The maximum atomic E-state index is 11.8. The number of rotatable bonds is 3. The molecule has 0 unspecified atom stereocenters. The number of hydrazine groups is 1. The van der Waals surface area contributed by atoms with Crippen molar-refractivity contribution in [1.29, 1.82) is 5.26 Å². The standard InChI is InChI=1S/C11H9N5O4S/c12-5-4-9(17)14-15-11(21)13-10(18)7-2-1-3-8(6-7)16(19)20/h1-3,6H,4H2,(H,14,17)(H2,13,15,18,21). The van der Waals surface area contributed by atoms with Gasteiger partial charge in [0.2, 0.25) is 0 Å². The molecule has 108 valence electrons. The first-order valence-corrected chi connectivity index (χ1v) is 5.86. The smallest absolute Gasteiger partial charge is 0.270 e. The van der Waals surface area contributed by atoms with Gasteiger partial charge in [0.05, 0.1) is 11.0 Å². The number of amides is 2. The van der Waals surface area contributed by atoms with E-state index in [1.165, 1.54) is 18.2 Å². The van der Waals surface area contributed by atoms with Crippen molar-refractivity contribution in [3.63, 3.8) is 0 Å². The van der Waals surface area contributed by atoms with Crippen molar-refractivity contribution in [2.75, 3.05) is 0 Å². The second kappa shape index (κ2) is 7.51. The van der Waals surface area contributed by atoms with Gasteiger partial charge in [-0.15, -0.1) is 0 Å². The Morgan fingerprint density at radius 1 is 1.38 bits per heavy atom. The highest BCUT2D eigenvalue weighted by Crippen LogP contribution is 2.12. The van der Waals surface area contributed by atoms with Crippen LogP contribution in [-0.4, -0.2) is 21.9 Å². The number of nitro groups is 1. The highest BCUT2D eigenvalue weighted by Gasteiger charge is 2.12. The second-order valence-corrected chi connectivity index (χ2v) is 4.01. The fourth-order valence-corrected chi connectivity index (χ4v) is 1.35. The van der Waals surface area contributed by atoms with Crippen LogP contribution in [0, 0.1) is 21.4 Å². The molecule has 1 aromatic rings. The fraction of sp³-hybridized carbons (Fsp3) is 0.0909. The van der Waals surface area contributed by atoms with Crippen LogP contribution in [0.4, 0.5) is 5.69 Å². The minimum atomic E-state index is -0.675. The van der Waals surface area contributed by atoms with Crippen LogP contribution in [0.5, 0.6) is 0 Å². The number of hydrogen-bond acceptors (Lipinski definition) is 6. The highest BCUT2D eigenvalue weighted by atomic mass is 32.1. The van der Waals surface area contributed by atoms with Crippen molar-refractivity contribution in [2.45, 2.75) is 6.42 Å². The molecular weight excluding hydrogens is 298 g/mol. The minimum absolute atomic E-state index is 0.0386. The van der Waals surface area contributed by atoms with Crippen LogP contribution >= 0.6 is 12.2 Å². The van der Waals surface area contributed by atoms with Gasteiger partial charge >= 0.3 is 0 Å². The van der Waals surface area contributed by atoms with E-state index in [1.807, 2.05) is 0 Å². The van der Waals surface area contributed by atoms with Crippen molar-refractivity contribution >= 4 is 34.8 Å². The number of carbonyl (C=O) groups excluding carboxylic acids is 2. The number of non-ortho nitro benzene ring substituents is 1. The third-order valence-electron chi connectivity index (χ3n) is 2.10. The number of nitriles is 1. The molecule has 0 aromatic heterocycles. The normalized spacial score (nSPS) is 9.10. The molecule has 0 aliphatic rings. The van der Waals surface area contributed by atoms with E-state index in [-0.39, 0.29) is 22.8 Å². The molecule has 0 saturated carbocycles. The zero-order valence-corrected chi connectivity index (χ0v) is 11.3. The number of hydrogen-bond donors (Lipinski definition) is 3. The Morgan fingerprint density at radius 3 is 2.71 bits per heavy atom. The van der Waals surface area contributed by atoms with Gasteiger partial charge in [-0.25, -0.2) is 0 Å². The SMILES string of the molecule is N#CCC(=O)NNC(=S)NC(=O)c1cccc([N+](=O)[O-])c1. The third kappa shape index (κ3) is 5.21. The Kier molecular flexibility index (Phi) is 5.72. The molecule has 10 heteroatoms. The zero-order chi connectivity index (χ0) is 15.8. The highest BCUT2D eigenvalue weighted by molar-refractivity contribution is 7.80. The van der Waals surface area contributed by atoms with Crippen LogP contribution in [0.15, 0.2) is 24.3 Å². The molecule has 21 heavy (non-hydrogen) atoms. The average Bonchev–Trinajstić information content (AvgIpc) is 2.45. The molecule has 1 rings (SSSR count). The fourth-order valence-electron chi connectivity index (χ4n) is 1.21. The Labute approximate surface area is 124 Å². The summed E-state index contributed by atoms with van der Waals surface area (Å²) in [5, 5.41) is 20.9. The minimum Gasteiger partial charge on any atom is -0.298 e. The first kappa shape index (κ1) is 16.0. The Hall–Kier alpha value is -3.06. The van der Waals surface area contributed by atoms with E-state index in [2.05, 4.69) is 16.2 Å². The third-order valence-corrected chi connectivity index (χ3v) is 2.31.